The molecule has 0 atom stereocenters. The van der Waals surface area contributed by atoms with Gasteiger partial charge in [0, 0.05) is 7.05 Å². The second-order valence-electron chi connectivity index (χ2n) is 4.29. The molecule has 0 fully saturated rings. The standard InChI is InChI=1S/C12H16N4O/c1-9-4-5-11(10(2)8-9)6-7-16-12(17)15(3)13-14-16/h4-5,8H,6-7H2,1-3H3. The number of hydrogen-bond donors (Lipinski definition) is 0. The van der Waals surface area contributed by atoms with Crippen molar-refractivity contribution in [2.75, 3.05) is 0 Å². The van der Waals surface area contributed by atoms with E-state index in [-0.39, 0.29) is 5.69 Å². The number of aromatic nitrogens is 4. The van der Waals surface area contributed by atoms with Crippen molar-refractivity contribution in [2.24, 2.45) is 7.05 Å². The van der Waals surface area contributed by atoms with Crippen LogP contribution in [0.1, 0.15) is 16.7 Å². The Morgan fingerprint density at radius 1 is 1.24 bits per heavy atom. The molecular weight excluding hydrogens is 216 g/mol. The highest BCUT2D eigenvalue weighted by Crippen LogP contribution is 2.11. The minimum absolute atomic E-state index is 0.172. The third-order valence-corrected chi connectivity index (χ3v) is 2.87. The molecule has 0 unspecified atom stereocenters. The van der Waals surface area contributed by atoms with Crippen LogP contribution in [-0.2, 0) is 20.0 Å². The Kier molecular flexibility index (Phi) is 3.08. The summed E-state index contributed by atoms with van der Waals surface area (Å²) in [5.74, 6) is 0. The van der Waals surface area contributed by atoms with E-state index in [1.807, 2.05) is 0 Å². The summed E-state index contributed by atoms with van der Waals surface area (Å²) in [6, 6.07) is 6.34. The molecule has 0 saturated carbocycles. The molecular formula is C12H16N4O. The van der Waals surface area contributed by atoms with E-state index < -0.39 is 0 Å². The van der Waals surface area contributed by atoms with Gasteiger partial charge < -0.3 is 0 Å². The molecule has 0 aliphatic heterocycles. The van der Waals surface area contributed by atoms with Gasteiger partial charge in [-0.3, -0.25) is 0 Å². The quantitative estimate of drug-likeness (QED) is 0.788. The van der Waals surface area contributed by atoms with Crippen LogP contribution >= 0.6 is 0 Å². The van der Waals surface area contributed by atoms with Crippen LogP contribution in [0.3, 0.4) is 0 Å². The van der Waals surface area contributed by atoms with E-state index in [1.54, 1.807) is 7.05 Å². The molecule has 0 aliphatic carbocycles. The summed E-state index contributed by atoms with van der Waals surface area (Å²) in [4.78, 5) is 11.5. The first-order valence-electron chi connectivity index (χ1n) is 5.61. The lowest BCUT2D eigenvalue weighted by atomic mass is 10.0. The fourth-order valence-electron chi connectivity index (χ4n) is 1.84. The third-order valence-electron chi connectivity index (χ3n) is 2.87. The zero-order valence-electron chi connectivity index (χ0n) is 10.3. The monoisotopic (exact) mass is 232 g/mol. The van der Waals surface area contributed by atoms with Crippen LogP contribution in [0, 0.1) is 13.8 Å². The second kappa shape index (κ2) is 4.53. The van der Waals surface area contributed by atoms with Gasteiger partial charge in [0.1, 0.15) is 0 Å². The lowest BCUT2D eigenvalue weighted by Crippen LogP contribution is -2.24. The number of rotatable bonds is 3. The summed E-state index contributed by atoms with van der Waals surface area (Å²) in [5, 5.41) is 7.48. The molecule has 0 aliphatic rings. The molecule has 0 amide bonds. The summed E-state index contributed by atoms with van der Waals surface area (Å²) in [6.07, 6.45) is 0.796. The van der Waals surface area contributed by atoms with Gasteiger partial charge in [-0.1, -0.05) is 23.8 Å². The number of nitrogens with zero attached hydrogens (tertiary/aromatic N) is 4. The Hall–Kier alpha value is -1.91. The molecule has 0 saturated heterocycles. The normalized spacial score (nSPS) is 10.8. The Labute approximate surface area is 99.7 Å². The van der Waals surface area contributed by atoms with Gasteiger partial charge in [0.25, 0.3) is 0 Å². The van der Waals surface area contributed by atoms with E-state index in [2.05, 4.69) is 42.5 Å². The molecule has 90 valence electrons. The average molecular weight is 232 g/mol. The van der Waals surface area contributed by atoms with Gasteiger partial charge in [-0.25, -0.2) is 4.79 Å². The van der Waals surface area contributed by atoms with Crippen LogP contribution in [0.5, 0.6) is 0 Å². The van der Waals surface area contributed by atoms with E-state index in [4.69, 9.17) is 0 Å². The van der Waals surface area contributed by atoms with E-state index in [0.717, 1.165) is 6.42 Å². The first-order chi connectivity index (χ1) is 8.08. The molecule has 1 aromatic carbocycles. The van der Waals surface area contributed by atoms with Gasteiger partial charge in [0.15, 0.2) is 0 Å². The van der Waals surface area contributed by atoms with Crippen molar-refractivity contribution in [1.82, 2.24) is 19.8 Å². The molecule has 5 heteroatoms. The van der Waals surface area contributed by atoms with Gasteiger partial charge in [0.2, 0.25) is 0 Å². The number of tetrazole rings is 1. The van der Waals surface area contributed by atoms with Crippen LogP contribution < -0.4 is 5.69 Å². The first kappa shape index (κ1) is 11.6. The summed E-state index contributed by atoms with van der Waals surface area (Å²) < 4.78 is 2.63. The van der Waals surface area contributed by atoms with Gasteiger partial charge in [-0.05, 0) is 41.8 Å². The molecule has 1 heterocycles. The van der Waals surface area contributed by atoms with Crippen molar-refractivity contribution in [2.45, 2.75) is 26.8 Å². The maximum atomic E-state index is 11.5. The molecule has 0 radical (unpaired) electrons. The Bertz CT molecular complexity index is 582. The minimum Gasteiger partial charge on any atom is -0.244 e. The largest absolute Gasteiger partial charge is 0.363 e. The number of hydrogen-bond acceptors (Lipinski definition) is 3. The highest BCUT2D eigenvalue weighted by Gasteiger charge is 2.04. The zero-order valence-corrected chi connectivity index (χ0v) is 10.3. The maximum Gasteiger partial charge on any atom is 0.363 e. The molecule has 5 nitrogen and oxygen atoms in total. The maximum absolute atomic E-state index is 11.5. The highest BCUT2D eigenvalue weighted by molar-refractivity contribution is 5.30. The molecule has 0 spiro atoms. The predicted octanol–water partition coefficient (Wildman–Crippen LogP) is 0.836. The van der Waals surface area contributed by atoms with E-state index in [0.29, 0.717) is 6.54 Å². The predicted molar refractivity (Wildman–Crippen MR) is 64.9 cm³/mol. The molecule has 1 aromatic heterocycles. The van der Waals surface area contributed by atoms with Crippen molar-refractivity contribution in [3.05, 3.63) is 45.4 Å². The average Bonchev–Trinajstić information content (AvgIpc) is 2.59. The van der Waals surface area contributed by atoms with E-state index >= 15 is 0 Å². The van der Waals surface area contributed by atoms with Crippen molar-refractivity contribution in [3.63, 3.8) is 0 Å². The Morgan fingerprint density at radius 3 is 2.59 bits per heavy atom. The van der Waals surface area contributed by atoms with Gasteiger partial charge >= 0.3 is 5.69 Å². The van der Waals surface area contributed by atoms with Crippen LogP contribution in [0.2, 0.25) is 0 Å². The highest BCUT2D eigenvalue weighted by atomic mass is 16.2. The molecule has 2 aromatic rings. The van der Waals surface area contributed by atoms with Gasteiger partial charge in [-0.15, -0.1) is 0 Å². The van der Waals surface area contributed by atoms with E-state index in [9.17, 15) is 4.79 Å². The first-order valence-corrected chi connectivity index (χ1v) is 5.61. The smallest absolute Gasteiger partial charge is 0.244 e. The SMILES string of the molecule is Cc1ccc(CCn2nnn(C)c2=O)c(C)c1. The van der Waals surface area contributed by atoms with Crippen LogP contribution in [0.25, 0.3) is 0 Å². The fourth-order valence-corrected chi connectivity index (χ4v) is 1.84. The third kappa shape index (κ3) is 2.43. The summed E-state index contributed by atoms with van der Waals surface area (Å²) in [5.41, 5.74) is 3.58. The van der Waals surface area contributed by atoms with E-state index in [1.165, 1.54) is 26.1 Å². The van der Waals surface area contributed by atoms with Crippen LogP contribution in [0.4, 0.5) is 0 Å². The van der Waals surface area contributed by atoms with Gasteiger partial charge in [0.05, 0.1) is 6.54 Å². The minimum atomic E-state index is -0.172. The van der Waals surface area contributed by atoms with Crippen molar-refractivity contribution >= 4 is 0 Å². The number of benzene rings is 1. The summed E-state index contributed by atoms with van der Waals surface area (Å²) in [6.45, 7) is 4.72. The Morgan fingerprint density at radius 2 is 2.00 bits per heavy atom. The van der Waals surface area contributed by atoms with Gasteiger partial charge in [-0.2, -0.15) is 9.36 Å². The second-order valence-corrected chi connectivity index (χ2v) is 4.29. The lowest BCUT2D eigenvalue weighted by Gasteiger charge is -2.05. The van der Waals surface area contributed by atoms with Crippen LogP contribution in [0.15, 0.2) is 23.0 Å². The molecule has 0 bridgehead atoms. The fraction of sp³-hybridized carbons (Fsp3) is 0.417. The lowest BCUT2D eigenvalue weighted by molar-refractivity contribution is 0.573. The van der Waals surface area contributed by atoms with Crippen molar-refractivity contribution in [1.29, 1.82) is 0 Å². The van der Waals surface area contributed by atoms with Crippen molar-refractivity contribution in [3.8, 4) is 0 Å². The number of aryl methyl sites for hydroxylation is 5. The molecule has 17 heavy (non-hydrogen) atoms. The topological polar surface area (TPSA) is 52.7 Å². The zero-order chi connectivity index (χ0) is 12.4. The van der Waals surface area contributed by atoms with Crippen molar-refractivity contribution < 1.29 is 0 Å². The molecule has 0 N–H and O–H groups in total. The molecule has 2 rings (SSSR count). The Balaban J connectivity index is 2.12. The summed E-state index contributed by atoms with van der Waals surface area (Å²) >= 11 is 0. The van der Waals surface area contributed by atoms with Crippen LogP contribution in [-0.4, -0.2) is 19.8 Å². The summed E-state index contributed by atoms with van der Waals surface area (Å²) in [7, 11) is 1.60.